The molecular weight excluding hydrogens is 226 g/mol. The Bertz CT molecular complexity index is 562. The maximum atomic E-state index is 6.01. The number of hydrogen-bond acceptors (Lipinski definition) is 3. The first-order valence-electron chi connectivity index (χ1n) is 6.20. The van der Waals surface area contributed by atoms with Crippen LogP contribution in [0.2, 0.25) is 0 Å². The van der Waals surface area contributed by atoms with Crippen LogP contribution in [-0.2, 0) is 20.1 Å². The Kier molecular flexibility index (Phi) is 2.80. The Morgan fingerprint density at radius 2 is 2.39 bits per heavy atom. The van der Waals surface area contributed by atoms with Crippen LogP contribution < -0.4 is 10.5 Å². The zero-order valence-corrected chi connectivity index (χ0v) is 10.5. The standard InChI is InChI=1S/C14H17N3O/c1-17-9-16-7-11(17)8-18-12-3-4-13-10(6-12)2-5-14(13)15/h3-4,6-7,9,14H,2,5,8,15H2,1H3. The van der Waals surface area contributed by atoms with Crippen LogP contribution in [-0.4, -0.2) is 9.55 Å². The molecule has 1 atom stereocenters. The lowest BCUT2D eigenvalue weighted by molar-refractivity contribution is 0.297. The molecule has 0 amide bonds. The smallest absolute Gasteiger partial charge is 0.130 e. The first kappa shape index (κ1) is 11.3. The quantitative estimate of drug-likeness (QED) is 0.896. The number of benzene rings is 1. The van der Waals surface area contributed by atoms with Gasteiger partial charge in [0, 0.05) is 13.1 Å². The summed E-state index contributed by atoms with van der Waals surface area (Å²) < 4.78 is 7.75. The van der Waals surface area contributed by atoms with Gasteiger partial charge in [-0.3, -0.25) is 0 Å². The third kappa shape index (κ3) is 1.99. The highest BCUT2D eigenvalue weighted by Crippen LogP contribution is 2.31. The average molecular weight is 243 g/mol. The number of hydrogen-bond donors (Lipinski definition) is 1. The first-order valence-corrected chi connectivity index (χ1v) is 6.20. The van der Waals surface area contributed by atoms with Crippen LogP contribution in [0, 0.1) is 0 Å². The van der Waals surface area contributed by atoms with Gasteiger partial charge >= 0.3 is 0 Å². The topological polar surface area (TPSA) is 53.1 Å². The minimum absolute atomic E-state index is 0.200. The molecule has 94 valence electrons. The number of aryl methyl sites for hydroxylation is 2. The summed E-state index contributed by atoms with van der Waals surface area (Å²) in [5, 5.41) is 0. The molecule has 4 heteroatoms. The van der Waals surface area contributed by atoms with Crippen molar-refractivity contribution in [1.82, 2.24) is 9.55 Å². The minimum atomic E-state index is 0.200. The van der Waals surface area contributed by atoms with Crippen LogP contribution >= 0.6 is 0 Å². The van der Waals surface area contributed by atoms with E-state index < -0.39 is 0 Å². The zero-order valence-electron chi connectivity index (χ0n) is 10.5. The lowest BCUT2D eigenvalue weighted by Gasteiger charge is -2.09. The minimum Gasteiger partial charge on any atom is -0.487 e. The fourth-order valence-electron chi connectivity index (χ4n) is 2.40. The first-order chi connectivity index (χ1) is 8.74. The molecular formula is C14H17N3O. The summed E-state index contributed by atoms with van der Waals surface area (Å²) >= 11 is 0. The highest BCUT2D eigenvalue weighted by atomic mass is 16.5. The summed E-state index contributed by atoms with van der Waals surface area (Å²) in [6.45, 7) is 0.543. The van der Waals surface area contributed by atoms with Crippen LogP contribution in [0.3, 0.4) is 0 Å². The summed E-state index contributed by atoms with van der Waals surface area (Å²) in [6.07, 6.45) is 5.70. The van der Waals surface area contributed by atoms with Crippen molar-refractivity contribution >= 4 is 0 Å². The second kappa shape index (κ2) is 4.46. The molecule has 1 aliphatic carbocycles. The SMILES string of the molecule is Cn1cncc1COc1ccc2c(c1)CCC2N. The van der Waals surface area contributed by atoms with E-state index >= 15 is 0 Å². The average Bonchev–Trinajstić information content (AvgIpc) is 2.94. The molecule has 2 aromatic rings. The molecule has 1 aliphatic rings. The summed E-state index contributed by atoms with van der Waals surface area (Å²) in [4.78, 5) is 4.07. The van der Waals surface area contributed by atoms with Crippen LogP contribution in [0.15, 0.2) is 30.7 Å². The molecule has 0 fully saturated rings. The van der Waals surface area contributed by atoms with E-state index in [-0.39, 0.29) is 6.04 Å². The van der Waals surface area contributed by atoms with E-state index in [0.717, 1.165) is 24.3 Å². The maximum absolute atomic E-state index is 6.01. The highest BCUT2D eigenvalue weighted by molar-refractivity contribution is 5.40. The van der Waals surface area contributed by atoms with E-state index in [1.807, 2.05) is 23.9 Å². The number of aromatic nitrogens is 2. The van der Waals surface area contributed by atoms with Crippen LogP contribution in [0.4, 0.5) is 0 Å². The predicted octanol–water partition coefficient (Wildman–Crippen LogP) is 1.95. The van der Waals surface area contributed by atoms with Gasteiger partial charge in [-0.1, -0.05) is 6.07 Å². The number of nitrogens with two attached hydrogens (primary N) is 1. The molecule has 3 rings (SSSR count). The summed E-state index contributed by atoms with van der Waals surface area (Å²) in [7, 11) is 1.97. The fraction of sp³-hybridized carbons (Fsp3) is 0.357. The lowest BCUT2D eigenvalue weighted by Crippen LogP contribution is -2.05. The molecule has 1 unspecified atom stereocenters. The monoisotopic (exact) mass is 243 g/mol. The van der Waals surface area contributed by atoms with E-state index in [1.54, 1.807) is 6.33 Å². The Hall–Kier alpha value is -1.81. The van der Waals surface area contributed by atoms with E-state index in [0.29, 0.717) is 6.61 Å². The van der Waals surface area contributed by atoms with E-state index in [2.05, 4.69) is 17.1 Å². The van der Waals surface area contributed by atoms with Crippen molar-refractivity contribution in [2.24, 2.45) is 12.8 Å². The molecule has 0 saturated carbocycles. The van der Waals surface area contributed by atoms with Gasteiger partial charge in [0.25, 0.3) is 0 Å². The Balaban J connectivity index is 1.73. The maximum Gasteiger partial charge on any atom is 0.130 e. The van der Waals surface area contributed by atoms with Gasteiger partial charge < -0.3 is 15.0 Å². The van der Waals surface area contributed by atoms with Crippen LogP contribution in [0.5, 0.6) is 5.75 Å². The fourth-order valence-corrected chi connectivity index (χ4v) is 2.40. The van der Waals surface area contributed by atoms with Gasteiger partial charge in [0.15, 0.2) is 0 Å². The van der Waals surface area contributed by atoms with Crippen molar-refractivity contribution < 1.29 is 4.74 Å². The van der Waals surface area contributed by atoms with Gasteiger partial charge in [-0.25, -0.2) is 4.98 Å². The molecule has 0 radical (unpaired) electrons. The highest BCUT2D eigenvalue weighted by Gasteiger charge is 2.19. The molecule has 0 bridgehead atoms. The van der Waals surface area contributed by atoms with Crippen LogP contribution in [0.25, 0.3) is 0 Å². The molecule has 1 aromatic carbocycles. The predicted molar refractivity (Wildman–Crippen MR) is 69.2 cm³/mol. The largest absolute Gasteiger partial charge is 0.487 e. The van der Waals surface area contributed by atoms with Gasteiger partial charge in [0.05, 0.1) is 18.2 Å². The third-order valence-electron chi connectivity index (χ3n) is 3.54. The van der Waals surface area contributed by atoms with Gasteiger partial charge in [0.1, 0.15) is 12.4 Å². The molecule has 1 heterocycles. The Morgan fingerprint density at radius 3 is 3.17 bits per heavy atom. The molecule has 18 heavy (non-hydrogen) atoms. The van der Waals surface area contributed by atoms with E-state index in [9.17, 15) is 0 Å². The molecule has 2 N–H and O–H groups in total. The zero-order chi connectivity index (χ0) is 12.5. The molecule has 0 aliphatic heterocycles. The van der Waals surface area contributed by atoms with Gasteiger partial charge in [-0.15, -0.1) is 0 Å². The normalized spacial score (nSPS) is 17.8. The molecule has 4 nitrogen and oxygen atoms in total. The second-order valence-corrected chi connectivity index (χ2v) is 4.79. The van der Waals surface area contributed by atoms with Gasteiger partial charge in [0.2, 0.25) is 0 Å². The van der Waals surface area contributed by atoms with E-state index in [1.165, 1.54) is 11.1 Å². The van der Waals surface area contributed by atoms with Crippen molar-refractivity contribution in [3.8, 4) is 5.75 Å². The Labute approximate surface area is 106 Å². The molecule has 1 aromatic heterocycles. The lowest BCUT2D eigenvalue weighted by atomic mass is 10.1. The van der Waals surface area contributed by atoms with Gasteiger partial charge in [-0.2, -0.15) is 0 Å². The third-order valence-corrected chi connectivity index (χ3v) is 3.54. The van der Waals surface area contributed by atoms with Crippen molar-refractivity contribution in [2.45, 2.75) is 25.5 Å². The van der Waals surface area contributed by atoms with Crippen molar-refractivity contribution in [3.63, 3.8) is 0 Å². The number of imidazole rings is 1. The van der Waals surface area contributed by atoms with Gasteiger partial charge in [-0.05, 0) is 36.1 Å². The van der Waals surface area contributed by atoms with Crippen molar-refractivity contribution in [3.05, 3.63) is 47.5 Å². The number of fused-ring (bicyclic) bond motifs is 1. The summed E-state index contributed by atoms with van der Waals surface area (Å²) in [5.74, 6) is 0.907. The number of rotatable bonds is 3. The van der Waals surface area contributed by atoms with E-state index in [4.69, 9.17) is 10.5 Å². The van der Waals surface area contributed by atoms with Crippen molar-refractivity contribution in [2.75, 3.05) is 0 Å². The van der Waals surface area contributed by atoms with Crippen LogP contribution in [0.1, 0.15) is 29.3 Å². The number of nitrogens with zero attached hydrogens (tertiary/aromatic N) is 2. The van der Waals surface area contributed by atoms with Crippen molar-refractivity contribution in [1.29, 1.82) is 0 Å². The Morgan fingerprint density at radius 1 is 1.50 bits per heavy atom. The number of ether oxygens (including phenoxy) is 1. The summed E-state index contributed by atoms with van der Waals surface area (Å²) in [5.41, 5.74) is 9.67. The molecule has 0 saturated heterocycles. The second-order valence-electron chi connectivity index (χ2n) is 4.79. The summed E-state index contributed by atoms with van der Waals surface area (Å²) in [6, 6.07) is 6.40. The molecule has 0 spiro atoms.